The molecule has 1 aromatic rings. The Morgan fingerprint density at radius 1 is 1.50 bits per heavy atom. The van der Waals surface area contributed by atoms with Gasteiger partial charge in [-0.1, -0.05) is 0 Å². The first kappa shape index (κ1) is 11.0. The molecule has 4 nitrogen and oxygen atoms in total. The number of hydrogen-bond donors (Lipinski definition) is 2. The first-order chi connectivity index (χ1) is 7.55. The standard InChI is InChI=1S/C12H16N2O2/c1-8-7-9(3-4-10(8)16-2)14-11(15)12(13)5-6-12/h3-4,7H,5-6,13H2,1-2H3,(H,14,15). The summed E-state index contributed by atoms with van der Waals surface area (Å²) in [5, 5.41) is 2.82. The highest BCUT2D eigenvalue weighted by molar-refractivity contribution is 6.00. The number of hydrogen-bond acceptors (Lipinski definition) is 3. The second-order valence-corrected chi connectivity index (χ2v) is 4.29. The molecule has 1 aliphatic rings. The van der Waals surface area contributed by atoms with E-state index in [1.165, 1.54) is 0 Å². The minimum Gasteiger partial charge on any atom is -0.496 e. The van der Waals surface area contributed by atoms with Crippen LogP contribution in [-0.2, 0) is 4.79 Å². The first-order valence-electron chi connectivity index (χ1n) is 5.30. The highest BCUT2D eigenvalue weighted by Crippen LogP contribution is 2.33. The van der Waals surface area contributed by atoms with Gasteiger partial charge in [-0.2, -0.15) is 0 Å². The van der Waals surface area contributed by atoms with Gasteiger partial charge in [0.25, 0.3) is 0 Å². The number of aryl methyl sites for hydroxylation is 1. The topological polar surface area (TPSA) is 64.3 Å². The van der Waals surface area contributed by atoms with E-state index in [2.05, 4.69) is 5.32 Å². The van der Waals surface area contributed by atoms with E-state index in [-0.39, 0.29) is 5.91 Å². The van der Waals surface area contributed by atoms with Crippen LogP contribution in [0.15, 0.2) is 18.2 Å². The maximum atomic E-state index is 11.7. The molecule has 0 atom stereocenters. The van der Waals surface area contributed by atoms with Crippen LogP contribution in [0.25, 0.3) is 0 Å². The van der Waals surface area contributed by atoms with Gasteiger partial charge >= 0.3 is 0 Å². The SMILES string of the molecule is COc1ccc(NC(=O)C2(N)CC2)cc1C. The van der Waals surface area contributed by atoms with Gasteiger partial charge in [0.1, 0.15) is 5.75 Å². The highest BCUT2D eigenvalue weighted by Gasteiger charge is 2.45. The van der Waals surface area contributed by atoms with Gasteiger partial charge in [-0.3, -0.25) is 4.79 Å². The molecule has 0 saturated heterocycles. The van der Waals surface area contributed by atoms with E-state index in [0.717, 1.165) is 29.8 Å². The van der Waals surface area contributed by atoms with Crippen LogP contribution in [-0.4, -0.2) is 18.6 Å². The molecular weight excluding hydrogens is 204 g/mol. The zero-order chi connectivity index (χ0) is 11.8. The summed E-state index contributed by atoms with van der Waals surface area (Å²) >= 11 is 0. The van der Waals surface area contributed by atoms with E-state index in [1.54, 1.807) is 7.11 Å². The highest BCUT2D eigenvalue weighted by atomic mass is 16.5. The van der Waals surface area contributed by atoms with Crippen molar-refractivity contribution in [3.8, 4) is 5.75 Å². The number of benzene rings is 1. The molecule has 0 bridgehead atoms. The molecule has 1 fully saturated rings. The van der Waals surface area contributed by atoms with Crippen molar-refractivity contribution in [2.75, 3.05) is 12.4 Å². The van der Waals surface area contributed by atoms with Crippen LogP contribution in [0, 0.1) is 6.92 Å². The van der Waals surface area contributed by atoms with Gasteiger partial charge in [0, 0.05) is 5.69 Å². The molecule has 4 heteroatoms. The number of carbonyl (C=O) groups is 1. The smallest absolute Gasteiger partial charge is 0.244 e. The molecule has 0 unspecified atom stereocenters. The molecule has 86 valence electrons. The zero-order valence-electron chi connectivity index (χ0n) is 9.54. The molecule has 2 rings (SSSR count). The second kappa shape index (κ2) is 3.79. The van der Waals surface area contributed by atoms with Crippen molar-refractivity contribution >= 4 is 11.6 Å². The van der Waals surface area contributed by atoms with Crippen molar-refractivity contribution < 1.29 is 9.53 Å². The van der Waals surface area contributed by atoms with Crippen molar-refractivity contribution in [3.63, 3.8) is 0 Å². The van der Waals surface area contributed by atoms with Gasteiger partial charge in [-0.25, -0.2) is 0 Å². The molecule has 1 amide bonds. The van der Waals surface area contributed by atoms with E-state index < -0.39 is 5.54 Å². The fraction of sp³-hybridized carbons (Fsp3) is 0.417. The van der Waals surface area contributed by atoms with Crippen LogP contribution in [0.2, 0.25) is 0 Å². The van der Waals surface area contributed by atoms with Crippen LogP contribution >= 0.6 is 0 Å². The normalized spacial score (nSPS) is 16.7. The van der Waals surface area contributed by atoms with Crippen LogP contribution in [0.4, 0.5) is 5.69 Å². The largest absolute Gasteiger partial charge is 0.496 e. The summed E-state index contributed by atoms with van der Waals surface area (Å²) in [5.74, 6) is 0.712. The van der Waals surface area contributed by atoms with Crippen LogP contribution in [0.1, 0.15) is 18.4 Å². The number of rotatable bonds is 3. The minimum absolute atomic E-state index is 0.0999. The predicted octanol–water partition coefficient (Wildman–Crippen LogP) is 1.43. The average Bonchev–Trinajstić information content (AvgIpc) is 2.98. The van der Waals surface area contributed by atoms with Crippen molar-refractivity contribution in [1.82, 2.24) is 0 Å². The fourth-order valence-corrected chi connectivity index (χ4v) is 1.57. The van der Waals surface area contributed by atoms with Gasteiger partial charge in [0.05, 0.1) is 12.6 Å². The number of amides is 1. The third kappa shape index (κ3) is 2.02. The molecular formula is C12H16N2O2. The van der Waals surface area contributed by atoms with E-state index in [1.807, 2.05) is 25.1 Å². The van der Waals surface area contributed by atoms with Gasteiger partial charge in [-0.15, -0.1) is 0 Å². The molecule has 0 radical (unpaired) electrons. The second-order valence-electron chi connectivity index (χ2n) is 4.29. The number of ether oxygens (including phenoxy) is 1. The lowest BCUT2D eigenvalue weighted by atomic mass is 10.2. The quantitative estimate of drug-likeness (QED) is 0.810. The molecule has 0 aliphatic heterocycles. The maximum absolute atomic E-state index is 11.7. The summed E-state index contributed by atoms with van der Waals surface area (Å²) in [6.07, 6.45) is 1.54. The summed E-state index contributed by atoms with van der Waals surface area (Å²) in [7, 11) is 1.62. The third-order valence-corrected chi connectivity index (χ3v) is 2.89. The zero-order valence-corrected chi connectivity index (χ0v) is 9.54. The van der Waals surface area contributed by atoms with Crippen molar-refractivity contribution in [1.29, 1.82) is 0 Å². The van der Waals surface area contributed by atoms with Crippen molar-refractivity contribution in [3.05, 3.63) is 23.8 Å². The molecule has 0 heterocycles. The molecule has 16 heavy (non-hydrogen) atoms. The molecule has 1 saturated carbocycles. The van der Waals surface area contributed by atoms with E-state index in [4.69, 9.17) is 10.5 Å². The summed E-state index contributed by atoms with van der Waals surface area (Å²) in [6.45, 7) is 1.93. The average molecular weight is 220 g/mol. The third-order valence-electron chi connectivity index (χ3n) is 2.89. The summed E-state index contributed by atoms with van der Waals surface area (Å²) in [6, 6.07) is 5.53. The lowest BCUT2D eigenvalue weighted by molar-refractivity contribution is -0.118. The van der Waals surface area contributed by atoms with E-state index >= 15 is 0 Å². The Morgan fingerprint density at radius 3 is 2.69 bits per heavy atom. The Labute approximate surface area is 94.8 Å². The monoisotopic (exact) mass is 220 g/mol. The Kier molecular flexibility index (Phi) is 2.59. The Morgan fingerprint density at radius 2 is 2.19 bits per heavy atom. The molecule has 0 aromatic heterocycles. The van der Waals surface area contributed by atoms with Crippen LogP contribution in [0.3, 0.4) is 0 Å². The molecule has 1 aliphatic carbocycles. The lowest BCUT2D eigenvalue weighted by Crippen LogP contribution is -2.37. The fourth-order valence-electron chi connectivity index (χ4n) is 1.57. The van der Waals surface area contributed by atoms with Crippen LogP contribution < -0.4 is 15.8 Å². The van der Waals surface area contributed by atoms with E-state index in [0.29, 0.717) is 0 Å². The number of nitrogens with two attached hydrogens (primary N) is 1. The molecule has 1 aromatic carbocycles. The van der Waals surface area contributed by atoms with Crippen molar-refractivity contribution in [2.24, 2.45) is 5.73 Å². The predicted molar refractivity (Wildman–Crippen MR) is 62.5 cm³/mol. The van der Waals surface area contributed by atoms with Gasteiger partial charge in [0.2, 0.25) is 5.91 Å². The number of methoxy groups -OCH3 is 1. The summed E-state index contributed by atoms with van der Waals surface area (Å²) < 4.78 is 5.15. The van der Waals surface area contributed by atoms with Gasteiger partial charge in [0.15, 0.2) is 0 Å². The molecule has 0 spiro atoms. The summed E-state index contributed by atoms with van der Waals surface area (Å²) in [5.41, 5.74) is 6.92. The number of nitrogens with one attached hydrogen (secondary N) is 1. The number of carbonyl (C=O) groups excluding carboxylic acids is 1. The summed E-state index contributed by atoms with van der Waals surface area (Å²) in [4.78, 5) is 11.7. The van der Waals surface area contributed by atoms with Crippen molar-refractivity contribution in [2.45, 2.75) is 25.3 Å². The van der Waals surface area contributed by atoms with Gasteiger partial charge in [-0.05, 0) is 43.5 Å². The Balaban J connectivity index is 2.10. The first-order valence-corrected chi connectivity index (χ1v) is 5.30. The number of anilines is 1. The molecule has 3 N–H and O–H groups in total. The maximum Gasteiger partial charge on any atom is 0.244 e. The minimum atomic E-state index is -0.631. The Hall–Kier alpha value is -1.55. The lowest BCUT2D eigenvalue weighted by Gasteiger charge is -2.11. The van der Waals surface area contributed by atoms with Crippen LogP contribution in [0.5, 0.6) is 5.75 Å². The van der Waals surface area contributed by atoms with Gasteiger partial charge < -0.3 is 15.8 Å². The Bertz CT molecular complexity index is 425. The van der Waals surface area contributed by atoms with E-state index in [9.17, 15) is 4.79 Å².